The molecule has 2 aromatic rings. The molecule has 0 saturated heterocycles. The van der Waals surface area contributed by atoms with Gasteiger partial charge in [-0.05, 0) is 67.9 Å². The maximum absolute atomic E-state index is 13.1. The number of unbranched alkanes of at least 4 members (excludes halogenated alkanes) is 30. The minimum absolute atomic E-state index is 0.108. The Bertz CT molecular complexity index is 1910. The van der Waals surface area contributed by atoms with Crippen molar-refractivity contribution in [3.63, 3.8) is 0 Å². The zero-order valence-corrected chi connectivity index (χ0v) is 61.2. The van der Waals surface area contributed by atoms with Gasteiger partial charge in [0.1, 0.15) is 5.60 Å². The van der Waals surface area contributed by atoms with Gasteiger partial charge < -0.3 is 60.4 Å². The van der Waals surface area contributed by atoms with Crippen LogP contribution in [0.15, 0.2) is 36.4 Å². The van der Waals surface area contributed by atoms with Crippen LogP contribution in [-0.4, -0.2) is 106 Å². The van der Waals surface area contributed by atoms with Gasteiger partial charge in [0.15, 0.2) is 0 Å². The predicted molar refractivity (Wildman–Crippen MR) is 375 cm³/mol. The van der Waals surface area contributed by atoms with Crippen LogP contribution in [0.1, 0.15) is 349 Å². The summed E-state index contributed by atoms with van der Waals surface area (Å²) < 4.78 is 3.60. The van der Waals surface area contributed by atoms with Crippen LogP contribution >= 0.6 is 17.2 Å². The minimum Gasteiger partial charge on any atom is -0.395 e. The molecule has 524 valence electrons. The zero-order valence-electron chi connectivity index (χ0n) is 59.4. The third-order valence-corrected chi connectivity index (χ3v) is 19.9. The fourth-order valence-corrected chi connectivity index (χ4v) is 12.9. The highest BCUT2D eigenvalue weighted by atomic mass is 31.2. The summed E-state index contributed by atoms with van der Waals surface area (Å²) in [4.78, 5) is 31.3. The molecule has 0 spiro atoms. The van der Waals surface area contributed by atoms with E-state index in [-0.39, 0.29) is 41.5 Å². The molecule has 0 unspecified atom stereocenters. The average molecular weight is 1300 g/mol. The van der Waals surface area contributed by atoms with Gasteiger partial charge in [-0.15, -0.1) is 0 Å². The summed E-state index contributed by atoms with van der Waals surface area (Å²) in [6.07, 6.45) is 43.0. The van der Waals surface area contributed by atoms with Gasteiger partial charge in [0.2, 0.25) is 0 Å². The van der Waals surface area contributed by atoms with Gasteiger partial charge >= 0.3 is 17.2 Å². The summed E-state index contributed by atoms with van der Waals surface area (Å²) >= 11 is 0. The van der Waals surface area contributed by atoms with E-state index < -0.39 is 59.1 Å². The van der Waals surface area contributed by atoms with Crippen LogP contribution in [0.4, 0.5) is 0 Å². The van der Waals surface area contributed by atoms with E-state index in [0.717, 1.165) is 47.9 Å². The van der Waals surface area contributed by atoms with Crippen molar-refractivity contribution >= 4 is 17.2 Å². The molecule has 0 atom stereocenters. The summed E-state index contributed by atoms with van der Waals surface area (Å²) in [6, 6.07) is 12.2. The van der Waals surface area contributed by atoms with E-state index in [0.29, 0.717) is 24.0 Å². The first-order valence-corrected chi connectivity index (χ1v) is 37.6. The third kappa shape index (κ3) is 32.4. The lowest BCUT2D eigenvalue weighted by Crippen LogP contribution is -2.55. The number of aliphatic hydroxyl groups is 8. The average Bonchev–Trinajstić information content (AvgIpc) is 0.719. The Labute approximate surface area is 547 Å². The van der Waals surface area contributed by atoms with E-state index in [2.05, 4.69) is 113 Å². The van der Waals surface area contributed by atoms with Gasteiger partial charge in [-0.2, -0.15) is 0 Å². The molecular weight excluding hydrogens is 1160 g/mol. The highest BCUT2D eigenvalue weighted by molar-refractivity contribution is 7.53. The standard InChI is InChI=1S/C41H84O4.C33H52O4.H4O5P2/c1-3-5-7-9-11-13-15-17-19-21-23-25-27-29-31-33-35-41(45,40(37-42,38-43)39-44)36-34-32-30-28-26-24-22-20-18-16-14-12-10-8-6-4-2;1-28(2,3)22-13-15-24(26(17-22)30(7,8)9)33(37,32(19-34,20-35)21-36)25-16-14-23(29(4,5)6)18-27(25)31(10,11)12;1-6(2)5-7(3)4/h42-45H,3-39H2,1-2H3;13-18,34-37H,19-21H2,1-12H3;1-4H. The lowest BCUT2D eigenvalue weighted by molar-refractivity contribution is -0.162. The Morgan fingerprint density at radius 3 is 0.708 bits per heavy atom. The highest BCUT2D eigenvalue weighted by Gasteiger charge is 2.55. The molecule has 0 aromatic heterocycles. The first kappa shape index (κ1) is 87.8. The van der Waals surface area contributed by atoms with E-state index in [1.807, 2.05) is 24.3 Å². The number of hydrogen-bond acceptors (Lipinski definition) is 13. The topological polar surface area (TPSA) is 252 Å². The molecule has 0 heterocycles. The van der Waals surface area contributed by atoms with Gasteiger partial charge in [-0.3, -0.25) is 0 Å². The second-order valence-electron chi connectivity index (χ2n) is 30.5. The maximum Gasteiger partial charge on any atom is 0.334 e. The van der Waals surface area contributed by atoms with Crippen LogP contribution in [-0.2, 0) is 31.6 Å². The Morgan fingerprint density at radius 1 is 0.303 bits per heavy atom. The molecule has 0 saturated carbocycles. The molecule has 2 rings (SSSR count). The van der Waals surface area contributed by atoms with Gasteiger partial charge in [0.25, 0.3) is 0 Å². The van der Waals surface area contributed by atoms with Crippen LogP contribution in [0.25, 0.3) is 0 Å². The van der Waals surface area contributed by atoms with Crippen molar-refractivity contribution in [2.24, 2.45) is 10.8 Å². The quantitative estimate of drug-likeness (QED) is 0.0218. The van der Waals surface area contributed by atoms with Gasteiger partial charge in [-0.25, -0.2) is 4.31 Å². The second kappa shape index (κ2) is 46.0. The van der Waals surface area contributed by atoms with Crippen LogP contribution in [0.3, 0.4) is 0 Å². The summed E-state index contributed by atoms with van der Waals surface area (Å²) in [7, 11) is -5.22. The Hall–Kier alpha value is -1.22. The number of hydrogen-bond donors (Lipinski definition) is 12. The van der Waals surface area contributed by atoms with Crippen LogP contribution in [0, 0.1) is 10.8 Å². The number of rotatable bonds is 46. The monoisotopic (exact) mass is 1300 g/mol. The van der Waals surface area contributed by atoms with Crippen molar-refractivity contribution in [3.05, 3.63) is 69.8 Å². The van der Waals surface area contributed by atoms with Crippen LogP contribution < -0.4 is 0 Å². The molecular formula is C74H140O13P2. The molecule has 13 nitrogen and oxygen atoms in total. The van der Waals surface area contributed by atoms with Gasteiger partial charge in [0.05, 0.1) is 56.1 Å². The van der Waals surface area contributed by atoms with E-state index in [1.165, 1.54) is 180 Å². The first-order valence-electron chi connectivity index (χ1n) is 35.2. The van der Waals surface area contributed by atoms with Crippen molar-refractivity contribution in [2.45, 2.75) is 348 Å². The largest absolute Gasteiger partial charge is 0.395 e. The SMILES string of the molecule is CC(C)(C)c1ccc(C(O)(c2ccc(C(C)(C)C)cc2C(C)(C)C)C(CO)(CO)CO)c(C(C)(C)C)c1.CCCCCCCCCCCCCCCCCCC(O)(CCCCCCCCCCCCCCCCCC)C(CO)(CO)CO.OP(O)OP(O)O. The highest BCUT2D eigenvalue weighted by Crippen LogP contribution is 2.52. The smallest absolute Gasteiger partial charge is 0.334 e. The Balaban J connectivity index is 0.00000159. The van der Waals surface area contributed by atoms with Crippen molar-refractivity contribution in [2.75, 3.05) is 39.6 Å². The molecule has 0 radical (unpaired) electrons. The molecule has 0 amide bonds. The fraction of sp³-hybridized carbons (Fsp3) is 0.838. The van der Waals surface area contributed by atoms with Gasteiger partial charge in [-0.1, -0.05) is 339 Å². The Kier molecular flexibility index (Phi) is 45.4. The molecule has 0 aliphatic heterocycles. The Morgan fingerprint density at radius 2 is 0.528 bits per heavy atom. The van der Waals surface area contributed by atoms with E-state index >= 15 is 0 Å². The summed E-state index contributed by atoms with van der Waals surface area (Å²) in [5.41, 5.74) is -1.57. The normalized spacial score (nSPS) is 13.1. The van der Waals surface area contributed by atoms with Crippen molar-refractivity contribution in [1.82, 2.24) is 0 Å². The van der Waals surface area contributed by atoms with Crippen molar-refractivity contribution < 1.29 is 64.7 Å². The summed E-state index contributed by atoms with van der Waals surface area (Å²) in [6.45, 7) is 27.2. The van der Waals surface area contributed by atoms with Crippen molar-refractivity contribution in [3.8, 4) is 0 Å². The predicted octanol–water partition coefficient (Wildman–Crippen LogP) is 17.5. The molecule has 0 aliphatic rings. The van der Waals surface area contributed by atoms with E-state index in [4.69, 9.17) is 19.6 Å². The molecule has 0 aliphatic carbocycles. The minimum atomic E-state index is -2.61. The van der Waals surface area contributed by atoms with E-state index in [1.54, 1.807) is 0 Å². The third-order valence-electron chi connectivity index (χ3n) is 18.8. The lowest BCUT2D eigenvalue weighted by atomic mass is 9.60. The van der Waals surface area contributed by atoms with Gasteiger partial charge in [0, 0.05) is 0 Å². The van der Waals surface area contributed by atoms with E-state index in [9.17, 15) is 40.9 Å². The molecule has 0 fully saturated rings. The summed E-state index contributed by atoms with van der Waals surface area (Å²) in [5, 5.41) is 87.2. The molecule has 15 heteroatoms. The number of aliphatic hydroxyl groups excluding tert-OH is 6. The fourth-order valence-electron chi connectivity index (χ4n) is 12.3. The second-order valence-corrected chi connectivity index (χ2v) is 32.1. The molecule has 12 N–H and O–H groups in total. The van der Waals surface area contributed by atoms with Crippen molar-refractivity contribution in [1.29, 1.82) is 0 Å². The lowest BCUT2D eigenvalue weighted by Gasteiger charge is -2.49. The maximum atomic E-state index is 13.1. The summed E-state index contributed by atoms with van der Waals surface area (Å²) in [5.74, 6) is 0. The first-order chi connectivity index (χ1) is 41.8. The zero-order chi connectivity index (χ0) is 67.9. The number of benzene rings is 2. The van der Waals surface area contributed by atoms with Crippen LogP contribution in [0.5, 0.6) is 0 Å². The molecule has 0 bridgehead atoms. The molecule has 89 heavy (non-hydrogen) atoms. The molecule has 2 aromatic carbocycles. The van der Waals surface area contributed by atoms with Crippen LogP contribution in [0.2, 0.25) is 0 Å².